The number of nitrogens with zero attached hydrogens (tertiary/aromatic N) is 1. The van der Waals surface area contributed by atoms with E-state index in [2.05, 4.69) is 0 Å². The summed E-state index contributed by atoms with van der Waals surface area (Å²) >= 11 is 0. The number of fused-ring (bicyclic) bond motifs is 2. The molecule has 2 bridgehead atoms. The number of rotatable bonds is 5. The second-order valence-corrected chi connectivity index (χ2v) is 8.81. The zero-order valence-electron chi connectivity index (χ0n) is 16.8. The molecule has 2 atom stereocenters. The lowest BCUT2D eigenvalue weighted by Crippen LogP contribution is -2.54. The minimum atomic E-state index is -1.08. The molecule has 1 saturated heterocycles. The molecular weight excluding hydrogens is 350 g/mol. The molecule has 28 heavy (non-hydrogen) atoms. The largest absolute Gasteiger partial charge is 0.448 e. The molecule has 2 unspecified atom stereocenters. The van der Waals surface area contributed by atoms with Gasteiger partial charge < -0.3 is 9.64 Å². The Hall–Kier alpha value is -2.62. The number of benzene rings is 2. The van der Waals surface area contributed by atoms with Gasteiger partial charge in [0.05, 0.1) is 5.41 Å². The van der Waals surface area contributed by atoms with Gasteiger partial charge in [0.25, 0.3) is 5.91 Å². The molecular formula is C24H27NO3. The molecule has 1 amide bonds. The highest BCUT2D eigenvalue weighted by Crippen LogP contribution is 2.66. The molecule has 1 heterocycles. The number of ether oxygens (including phenoxy) is 1. The van der Waals surface area contributed by atoms with E-state index >= 15 is 0 Å². The van der Waals surface area contributed by atoms with Crippen molar-refractivity contribution in [3.63, 3.8) is 0 Å². The van der Waals surface area contributed by atoms with Crippen LogP contribution in [0.25, 0.3) is 0 Å². The zero-order chi connectivity index (χ0) is 20.0. The average molecular weight is 377 g/mol. The highest BCUT2D eigenvalue weighted by atomic mass is 16.6. The molecule has 0 radical (unpaired) electrons. The predicted molar refractivity (Wildman–Crippen MR) is 107 cm³/mol. The fraction of sp³-hybridized carbons (Fsp3) is 0.417. The highest BCUT2D eigenvalue weighted by Gasteiger charge is 2.76. The van der Waals surface area contributed by atoms with Gasteiger partial charge in [0.15, 0.2) is 5.60 Å². The van der Waals surface area contributed by atoms with Gasteiger partial charge in [-0.3, -0.25) is 9.59 Å². The van der Waals surface area contributed by atoms with Crippen LogP contribution in [0.3, 0.4) is 0 Å². The van der Waals surface area contributed by atoms with Gasteiger partial charge in [0.2, 0.25) is 0 Å². The van der Waals surface area contributed by atoms with Crippen molar-refractivity contribution >= 4 is 11.9 Å². The smallest absolute Gasteiger partial charge is 0.313 e. The lowest BCUT2D eigenvalue weighted by atomic mass is 9.66. The Bertz CT molecular complexity index is 851. The monoisotopic (exact) mass is 377 g/mol. The normalized spacial score (nSPS) is 27.5. The van der Waals surface area contributed by atoms with Crippen LogP contribution in [0.5, 0.6) is 0 Å². The summed E-state index contributed by atoms with van der Waals surface area (Å²) < 4.78 is 5.85. The van der Waals surface area contributed by atoms with Crippen molar-refractivity contribution in [2.75, 3.05) is 0 Å². The average Bonchev–Trinajstić information content (AvgIpc) is 2.99. The van der Waals surface area contributed by atoms with Gasteiger partial charge in [-0.2, -0.15) is 0 Å². The third kappa shape index (κ3) is 2.58. The Labute approximate surface area is 166 Å². The summed E-state index contributed by atoms with van der Waals surface area (Å²) in [4.78, 5) is 28.4. The van der Waals surface area contributed by atoms with Crippen LogP contribution < -0.4 is 0 Å². The first-order valence-corrected chi connectivity index (χ1v) is 9.91. The summed E-state index contributed by atoms with van der Waals surface area (Å²) in [5.41, 5.74) is -0.104. The van der Waals surface area contributed by atoms with Gasteiger partial charge in [-0.1, -0.05) is 74.5 Å². The lowest BCUT2D eigenvalue weighted by molar-refractivity contribution is -0.174. The Balaban J connectivity index is 1.70. The minimum absolute atomic E-state index is 0.0835. The quantitative estimate of drug-likeness (QED) is 0.729. The number of carbonyl (C=O) groups is 2. The highest BCUT2D eigenvalue weighted by molar-refractivity contribution is 5.96. The topological polar surface area (TPSA) is 46.6 Å². The lowest BCUT2D eigenvalue weighted by Gasteiger charge is -2.39. The second kappa shape index (κ2) is 6.47. The summed E-state index contributed by atoms with van der Waals surface area (Å²) in [5.74, 6) is -0.323. The summed E-state index contributed by atoms with van der Waals surface area (Å²) in [7, 11) is 0. The number of carbonyl (C=O) groups excluding carboxylic acids is 2. The fourth-order valence-corrected chi connectivity index (χ4v) is 4.78. The first-order chi connectivity index (χ1) is 13.3. The van der Waals surface area contributed by atoms with Gasteiger partial charge in [-0.25, -0.2) is 0 Å². The summed E-state index contributed by atoms with van der Waals surface area (Å²) in [6, 6.07) is 19.9. The fourth-order valence-electron chi connectivity index (χ4n) is 4.78. The Kier molecular flexibility index (Phi) is 4.33. The molecule has 0 aromatic heterocycles. The maximum absolute atomic E-state index is 13.9. The molecule has 4 rings (SSSR count). The van der Waals surface area contributed by atoms with Gasteiger partial charge in [-0.05, 0) is 30.9 Å². The Morgan fingerprint density at radius 3 is 1.79 bits per heavy atom. The molecule has 1 saturated carbocycles. The van der Waals surface area contributed by atoms with Crippen LogP contribution >= 0.6 is 0 Å². The first kappa shape index (κ1) is 18.7. The van der Waals surface area contributed by atoms with Crippen LogP contribution in [-0.4, -0.2) is 22.4 Å². The third-order valence-electron chi connectivity index (χ3n) is 7.15. The summed E-state index contributed by atoms with van der Waals surface area (Å²) in [6.45, 7) is 6.93. The molecule has 2 fully saturated rings. The Morgan fingerprint density at radius 1 is 0.893 bits per heavy atom. The van der Waals surface area contributed by atoms with Crippen LogP contribution in [0.1, 0.15) is 44.7 Å². The molecule has 0 spiro atoms. The van der Waals surface area contributed by atoms with E-state index in [1.54, 1.807) is 0 Å². The third-order valence-corrected chi connectivity index (χ3v) is 7.15. The van der Waals surface area contributed by atoms with Crippen molar-refractivity contribution in [2.24, 2.45) is 10.8 Å². The molecule has 4 heteroatoms. The molecule has 0 N–H and O–H groups in total. The first-order valence-electron chi connectivity index (χ1n) is 9.91. The van der Waals surface area contributed by atoms with E-state index in [4.69, 9.17) is 4.74 Å². The SMILES string of the molecule is CC12CCC(C(=O)N(Cc3ccccc3)Cc3ccccc3)(OC1=O)C2(C)C. The van der Waals surface area contributed by atoms with Crippen LogP contribution in [0.15, 0.2) is 60.7 Å². The maximum Gasteiger partial charge on any atom is 0.313 e. The summed E-state index contributed by atoms with van der Waals surface area (Å²) in [5, 5.41) is 0. The van der Waals surface area contributed by atoms with Gasteiger partial charge in [0.1, 0.15) is 0 Å². The second-order valence-electron chi connectivity index (χ2n) is 8.81. The molecule has 1 aliphatic heterocycles. The van der Waals surface area contributed by atoms with Crippen LogP contribution in [0.4, 0.5) is 0 Å². The number of hydrogen-bond donors (Lipinski definition) is 0. The minimum Gasteiger partial charge on any atom is -0.448 e. The van der Waals surface area contributed by atoms with Crippen molar-refractivity contribution in [2.45, 2.75) is 52.3 Å². The van der Waals surface area contributed by atoms with Gasteiger partial charge in [-0.15, -0.1) is 0 Å². The van der Waals surface area contributed by atoms with E-state index in [1.807, 2.05) is 86.3 Å². The molecule has 146 valence electrons. The standard InChI is InChI=1S/C24H27NO3/c1-22(2)23(3)14-15-24(22,28-21(23)27)20(26)25(16-18-10-6-4-7-11-18)17-19-12-8-5-9-13-19/h4-13H,14-17H2,1-3H3. The molecule has 2 aromatic carbocycles. The molecule has 2 aliphatic rings. The van der Waals surface area contributed by atoms with Gasteiger partial charge >= 0.3 is 5.97 Å². The van der Waals surface area contributed by atoms with Crippen LogP contribution in [0, 0.1) is 10.8 Å². The van der Waals surface area contributed by atoms with E-state index < -0.39 is 16.4 Å². The molecule has 4 nitrogen and oxygen atoms in total. The van der Waals surface area contributed by atoms with E-state index in [0.717, 1.165) is 11.1 Å². The van der Waals surface area contributed by atoms with Crippen molar-refractivity contribution in [3.05, 3.63) is 71.8 Å². The van der Waals surface area contributed by atoms with Crippen molar-refractivity contribution < 1.29 is 14.3 Å². The van der Waals surface area contributed by atoms with Crippen molar-refractivity contribution in [1.82, 2.24) is 4.90 Å². The number of amides is 1. The van der Waals surface area contributed by atoms with Crippen LogP contribution in [-0.2, 0) is 27.4 Å². The van der Waals surface area contributed by atoms with Crippen molar-refractivity contribution in [3.8, 4) is 0 Å². The van der Waals surface area contributed by atoms with Crippen molar-refractivity contribution in [1.29, 1.82) is 0 Å². The maximum atomic E-state index is 13.9. The van der Waals surface area contributed by atoms with E-state index in [9.17, 15) is 9.59 Å². The number of esters is 1. The van der Waals surface area contributed by atoms with Crippen LogP contribution in [0.2, 0.25) is 0 Å². The Morgan fingerprint density at radius 2 is 1.39 bits per heavy atom. The zero-order valence-corrected chi connectivity index (χ0v) is 16.8. The molecule has 2 aromatic rings. The van der Waals surface area contributed by atoms with E-state index in [0.29, 0.717) is 25.9 Å². The van der Waals surface area contributed by atoms with Gasteiger partial charge in [0, 0.05) is 18.5 Å². The van der Waals surface area contributed by atoms with E-state index in [1.165, 1.54) is 0 Å². The molecule has 1 aliphatic carbocycles. The number of hydrogen-bond acceptors (Lipinski definition) is 3. The predicted octanol–water partition coefficient (Wildman–Crippen LogP) is 4.34. The van der Waals surface area contributed by atoms with E-state index in [-0.39, 0.29) is 11.9 Å². The summed E-state index contributed by atoms with van der Waals surface area (Å²) in [6.07, 6.45) is 1.27.